The first kappa shape index (κ1) is 33.0. The van der Waals surface area contributed by atoms with E-state index in [1.807, 2.05) is 18.5 Å². The van der Waals surface area contributed by atoms with Crippen molar-refractivity contribution < 1.29 is 4.74 Å². The summed E-state index contributed by atoms with van der Waals surface area (Å²) in [5.74, 6) is 3.34. The molecule has 4 aromatic heterocycles. The molecule has 0 saturated heterocycles. The van der Waals surface area contributed by atoms with Crippen molar-refractivity contribution in [3.05, 3.63) is 150 Å². The summed E-state index contributed by atoms with van der Waals surface area (Å²) in [6.07, 6.45) is 3.79. The van der Waals surface area contributed by atoms with Crippen molar-refractivity contribution in [3.8, 4) is 23.0 Å². The molecule has 0 spiro atoms. The van der Waals surface area contributed by atoms with Crippen molar-refractivity contribution in [3.63, 3.8) is 0 Å². The average Bonchev–Trinajstić information content (AvgIpc) is 3.83. The molecule has 0 atom stereocenters. The monoisotopic (exact) mass is 718 g/mol. The Labute approximate surface area is 320 Å². The van der Waals surface area contributed by atoms with E-state index >= 15 is 0 Å². The van der Waals surface area contributed by atoms with Crippen LogP contribution in [-0.2, 0) is 5.41 Å². The van der Waals surface area contributed by atoms with Crippen LogP contribution in [0.4, 0.5) is 17.2 Å². The van der Waals surface area contributed by atoms with Crippen LogP contribution in [0.3, 0.4) is 0 Å². The van der Waals surface area contributed by atoms with Crippen molar-refractivity contribution in [1.29, 1.82) is 0 Å². The van der Waals surface area contributed by atoms with Gasteiger partial charge in [0.05, 0.1) is 40.1 Å². The van der Waals surface area contributed by atoms with Crippen molar-refractivity contribution in [2.24, 2.45) is 0 Å². The first-order valence-corrected chi connectivity index (χ1v) is 18.9. The van der Waals surface area contributed by atoms with Crippen LogP contribution in [0.1, 0.15) is 37.5 Å². The second-order valence-corrected chi connectivity index (χ2v) is 15.9. The lowest BCUT2D eigenvalue weighted by Gasteiger charge is -2.25. The number of ether oxygens (including phenoxy) is 1. The molecule has 55 heavy (non-hydrogen) atoms. The highest BCUT2D eigenvalue weighted by atomic mass is 16.5. The fraction of sp³-hybridized carbons (Fsp3) is 0.167. The SMILES string of the molecule is Cc1cccc2c3cccc(C)c3n(-c3ccnc(-n4c5ccccc5c5ccc(Oc6cc(N7CN(C)c8cccnc87)cc(C(C)(C)C)c6)cc54)c3)c12. The Morgan fingerprint density at radius 2 is 1.31 bits per heavy atom. The summed E-state index contributed by atoms with van der Waals surface area (Å²) in [4.78, 5) is 14.3. The lowest BCUT2D eigenvalue weighted by Crippen LogP contribution is -2.24. The third-order valence-electron chi connectivity index (χ3n) is 11.2. The number of fused-ring (bicyclic) bond motifs is 7. The van der Waals surface area contributed by atoms with Gasteiger partial charge in [-0.3, -0.25) is 4.57 Å². The highest BCUT2D eigenvalue weighted by Crippen LogP contribution is 2.43. The lowest BCUT2D eigenvalue weighted by molar-refractivity contribution is 0.479. The Morgan fingerprint density at radius 3 is 2.07 bits per heavy atom. The number of nitrogens with zero attached hydrogens (tertiary/aromatic N) is 6. The third-order valence-corrected chi connectivity index (χ3v) is 11.2. The van der Waals surface area contributed by atoms with Gasteiger partial charge in [-0.25, -0.2) is 9.97 Å². The van der Waals surface area contributed by atoms with Crippen molar-refractivity contribution in [2.75, 3.05) is 23.5 Å². The molecule has 0 aliphatic carbocycles. The number of rotatable bonds is 5. The van der Waals surface area contributed by atoms with Gasteiger partial charge in [-0.2, -0.15) is 0 Å². The Hall–Kier alpha value is -6.60. The number of aromatic nitrogens is 4. The molecule has 5 aromatic carbocycles. The lowest BCUT2D eigenvalue weighted by atomic mass is 9.86. The number of pyridine rings is 2. The topological polar surface area (TPSA) is 51.4 Å². The van der Waals surface area contributed by atoms with Gasteiger partial charge in [0.2, 0.25) is 0 Å². The van der Waals surface area contributed by atoms with E-state index < -0.39 is 0 Å². The van der Waals surface area contributed by atoms with Gasteiger partial charge in [0.1, 0.15) is 17.3 Å². The zero-order valence-electron chi connectivity index (χ0n) is 32.0. The van der Waals surface area contributed by atoms with Gasteiger partial charge in [-0.05, 0) is 84.5 Å². The number of para-hydroxylation sites is 3. The Morgan fingerprint density at radius 1 is 0.582 bits per heavy atom. The maximum absolute atomic E-state index is 6.83. The highest BCUT2D eigenvalue weighted by molar-refractivity contribution is 6.12. The number of anilines is 3. The van der Waals surface area contributed by atoms with E-state index in [4.69, 9.17) is 14.7 Å². The summed E-state index contributed by atoms with van der Waals surface area (Å²) < 4.78 is 11.5. The molecule has 1 aliphatic heterocycles. The fourth-order valence-corrected chi connectivity index (χ4v) is 8.47. The van der Waals surface area contributed by atoms with E-state index in [2.05, 4.69) is 176 Å². The van der Waals surface area contributed by atoms with E-state index in [1.165, 1.54) is 43.9 Å². The van der Waals surface area contributed by atoms with Gasteiger partial charge < -0.3 is 19.1 Å². The summed E-state index contributed by atoms with van der Waals surface area (Å²) in [5, 5.41) is 4.82. The summed E-state index contributed by atoms with van der Waals surface area (Å²) in [6, 6.07) is 43.2. The van der Waals surface area contributed by atoms with E-state index in [9.17, 15) is 0 Å². The molecule has 0 amide bonds. The van der Waals surface area contributed by atoms with Crippen LogP contribution in [0, 0.1) is 13.8 Å². The van der Waals surface area contributed by atoms with Gasteiger partial charge in [-0.1, -0.05) is 75.4 Å². The molecule has 0 unspecified atom stereocenters. The summed E-state index contributed by atoms with van der Waals surface area (Å²) in [5.41, 5.74) is 11.4. The normalized spacial score (nSPS) is 13.1. The number of hydrogen-bond donors (Lipinski definition) is 0. The maximum Gasteiger partial charge on any atom is 0.158 e. The van der Waals surface area contributed by atoms with E-state index in [-0.39, 0.29) is 5.41 Å². The minimum Gasteiger partial charge on any atom is -0.457 e. The quantitative estimate of drug-likeness (QED) is 0.177. The van der Waals surface area contributed by atoms with Crippen molar-refractivity contribution in [1.82, 2.24) is 19.1 Å². The first-order chi connectivity index (χ1) is 26.6. The molecule has 5 heterocycles. The van der Waals surface area contributed by atoms with Gasteiger partial charge in [0.25, 0.3) is 0 Å². The van der Waals surface area contributed by atoms with E-state index in [0.29, 0.717) is 6.67 Å². The van der Waals surface area contributed by atoms with Crippen LogP contribution in [-0.4, -0.2) is 32.8 Å². The molecule has 1 aliphatic rings. The highest BCUT2D eigenvalue weighted by Gasteiger charge is 2.28. The van der Waals surface area contributed by atoms with Gasteiger partial charge >= 0.3 is 0 Å². The second-order valence-electron chi connectivity index (χ2n) is 15.9. The standard InChI is InChI=1S/C48H42N6O/c1-30-12-9-15-39-40-16-10-13-31(2)46(40)53(45(30)39)33-21-23-49-44(27-33)54-41-17-8-7-14-37(41)38-20-19-35(28-43(38)54)55-36-25-32(48(3,4)5)24-34(26-36)52-29-51(6)42-18-11-22-50-47(42)52/h7-28H,29H2,1-6H3. The van der Waals surface area contributed by atoms with Crippen LogP contribution >= 0.6 is 0 Å². The predicted molar refractivity (Wildman–Crippen MR) is 227 cm³/mol. The van der Waals surface area contributed by atoms with E-state index in [1.54, 1.807) is 0 Å². The van der Waals surface area contributed by atoms with Gasteiger partial charge in [0, 0.05) is 64.9 Å². The first-order valence-electron chi connectivity index (χ1n) is 18.9. The predicted octanol–water partition coefficient (Wildman–Crippen LogP) is 11.9. The number of benzene rings is 5. The smallest absolute Gasteiger partial charge is 0.158 e. The second kappa shape index (κ2) is 12.2. The molecule has 7 nitrogen and oxygen atoms in total. The van der Waals surface area contributed by atoms with Gasteiger partial charge in [0.15, 0.2) is 5.82 Å². The molecular formula is C48H42N6O. The van der Waals surface area contributed by atoms with Crippen LogP contribution in [0.15, 0.2) is 134 Å². The van der Waals surface area contributed by atoms with Crippen molar-refractivity contribution in [2.45, 2.75) is 40.0 Å². The van der Waals surface area contributed by atoms with Crippen LogP contribution in [0.2, 0.25) is 0 Å². The summed E-state index contributed by atoms with van der Waals surface area (Å²) >= 11 is 0. The van der Waals surface area contributed by atoms with Crippen LogP contribution in [0.25, 0.3) is 55.1 Å². The van der Waals surface area contributed by atoms with E-state index in [0.717, 1.165) is 56.6 Å². The Bertz CT molecular complexity index is 2920. The maximum atomic E-state index is 6.83. The van der Waals surface area contributed by atoms with Crippen LogP contribution < -0.4 is 14.5 Å². The molecule has 0 fully saturated rings. The zero-order valence-corrected chi connectivity index (χ0v) is 32.0. The Balaban J connectivity index is 1.12. The Kier molecular flexibility index (Phi) is 7.33. The molecule has 270 valence electrons. The van der Waals surface area contributed by atoms with Gasteiger partial charge in [-0.15, -0.1) is 0 Å². The molecule has 0 N–H and O–H groups in total. The number of aryl methyl sites for hydroxylation is 2. The number of hydrogen-bond acceptors (Lipinski definition) is 5. The van der Waals surface area contributed by atoms with Crippen LogP contribution in [0.5, 0.6) is 11.5 Å². The summed E-state index contributed by atoms with van der Waals surface area (Å²) in [6.45, 7) is 11.8. The molecule has 0 bridgehead atoms. The summed E-state index contributed by atoms with van der Waals surface area (Å²) in [7, 11) is 2.11. The molecular weight excluding hydrogens is 677 g/mol. The molecule has 0 radical (unpaired) electrons. The zero-order chi connectivity index (χ0) is 37.6. The minimum absolute atomic E-state index is 0.0901. The average molecular weight is 719 g/mol. The molecule has 0 saturated carbocycles. The van der Waals surface area contributed by atoms with Crippen molar-refractivity contribution >= 4 is 60.8 Å². The molecule has 10 rings (SSSR count). The minimum atomic E-state index is -0.0901. The third kappa shape index (κ3) is 5.25. The molecule has 7 heteroatoms. The largest absolute Gasteiger partial charge is 0.457 e. The fourth-order valence-electron chi connectivity index (χ4n) is 8.47. The molecule has 9 aromatic rings.